The maximum Gasteiger partial charge on any atom is 0.328 e. The minimum Gasteiger partial charge on any atom is -0.423 e. The molecule has 0 saturated heterocycles. The Morgan fingerprint density at radius 3 is 2.84 bits per heavy atom. The van der Waals surface area contributed by atoms with Crippen molar-refractivity contribution in [1.82, 2.24) is 19.7 Å². The molecule has 0 radical (unpaired) electrons. The SMILES string of the molecule is Cc1cn(Cc2nnc(CC3CC3)o2)c(=O)[nH]c1=O. The van der Waals surface area contributed by atoms with E-state index in [0.717, 1.165) is 6.42 Å². The van der Waals surface area contributed by atoms with Crippen LogP contribution >= 0.6 is 0 Å². The van der Waals surface area contributed by atoms with Crippen LogP contribution in [0.1, 0.15) is 30.2 Å². The Bertz CT molecular complexity index is 708. The van der Waals surface area contributed by atoms with Crippen LogP contribution in [0.25, 0.3) is 0 Å². The van der Waals surface area contributed by atoms with E-state index in [2.05, 4.69) is 15.2 Å². The summed E-state index contributed by atoms with van der Waals surface area (Å²) in [4.78, 5) is 25.1. The highest BCUT2D eigenvalue weighted by molar-refractivity contribution is 5.01. The highest BCUT2D eigenvalue weighted by atomic mass is 16.4. The van der Waals surface area contributed by atoms with Gasteiger partial charge in [-0.25, -0.2) is 4.79 Å². The Morgan fingerprint density at radius 1 is 1.37 bits per heavy atom. The van der Waals surface area contributed by atoms with Crippen molar-refractivity contribution < 1.29 is 4.42 Å². The fraction of sp³-hybridized carbons (Fsp3) is 0.500. The molecule has 0 unspecified atom stereocenters. The summed E-state index contributed by atoms with van der Waals surface area (Å²) < 4.78 is 6.84. The minimum absolute atomic E-state index is 0.175. The van der Waals surface area contributed by atoms with E-state index < -0.39 is 5.69 Å². The maximum absolute atomic E-state index is 11.6. The van der Waals surface area contributed by atoms with Crippen LogP contribution in [0, 0.1) is 12.8 Å². The molecule has 0 aromatic carbocycles. The fourth-order valence-electron chi connectivity index (χ4n) is 1.89. The van der Waals surface area contributed by atoms with Gasteiger partial charge in [0.05, 0.1) is 0 Å². The van der Waals surface area contributed by atoms with Gasteiger partial charge in [-0.05, 0) is 25.7 Å². The van der Waals surface area contributed by atoms with Crippen molar-refractivity contribution in [2.24, 2.45) is 5.92 Å². The number of aromatic amines is 1. The van der Waals surface area contributed by atoms with Crippen LogP contribution in [0.4, 0.5) is 0 Å². The summed E-state index contributed by atoms with van der Waals surface area (Å²) in [7, 11) is 0. The number of nitrogens with one attached hydrogen (secondary N) is 1. The Labute approximate surface area is 108 Å². The first-order chi connectivity index (χ1) is 9.11. The van der Waals surface area contributed by atoms with Crippen LogP contribution < -0.4 is 11.2 Å². The van der Waals surface area contributed by atoms with Gasteiger partial charge in [-0.2, -0.15) is 0 Å². The van der Waals surface area contributed by atoms with Gasteiger partial charge in [-0.1, -0.05) is 0 Å². The zero-order valence-corrected chi connectivity index (χ0v) is 10.5. The van der Waals surface area contributed by atoms with Gasteiger partial charge in [0.2, 0.25) is 11.8 Å². The number of nitrogens with zero attached hydrogens (tertiary/aromatic N) is 3. The monoisotopic (exact) mass is 262 g/mol. The molecular weight excluding hydrogens is 248 g/mol. The van der Waals surface area contributed by atoms with Gasteiger partial charge in [0.1, 0.15) is 6.54 Å². The highest BCUT2D eigenvalue weighted by Crippen LogP contribution is 2.32. The molecule has 0 spiro atoms. The summed E-state index contributed by atoms with van der Waals surface area (Å²) in [5.41, 5.74) is -0.379. The second-order valence-corrected chi connectivity index (χ2v) is 4.94. The van der Waals surface area contributed by atoms with E-state index in [1.807, 2.05) is 0 Å². The van der Waals surface area contributed by atoms with Crippen LogP contribution in [0.3, 0.4) is 0 Å². The van der Waals surface area contributed by atoms with E-state index in [1.54, 1.807) is 6.92 Å². The molecule has 1 aliphatic carbocycles. The maximum atomic E-state index is 11.6. The summed E-state index contributed by atoms with van der Waals surface area (Å²) in [5, 5.41) is 7.88. The third-order valence-electron chi connectivity index (χ3n) is 3.16. The van der Waals surface area contributed by atoms with E-state index in [4.69, 9.17) is 4.42 Å². The van der Waals surface area contributed by atoms with E-state index >= 15 is 0 Å². The van der Waals surface area contributed by atoms with Crippen molar-refractivity contribution in [2.75, 3.05) is 0 Å². The number of aryl methyl sites for hydroxylation is 1. The molecule has 2 aromatic heterocycles. The third-order valence-corrected chi connectivity index (χ3v) is 3.16. The van der Waals surface area contributed by atoms with Crippen LogP contribution in [0.15, 0.2) is 20.2 Å². The molecule has 0 amide bonds. The van der Waals surface area contributed by atoms with Crippen molar-refractivity contribution in [2.45, 2.75) is 32.7 Å². The number of H-pyrrole nitrogens is 1. The standard InChI is InChI=1S/C12H14N4O3/c1-7-5-16(12(18)13-11(7)17)6-10-15-14-9(19-10)4-8-2-3-8/h5,8H,2-4,6H2,1H3,(H,13,17,18). The summed E-state index contributed by atoms with van der Waals surface area (Å²) in [6.07, 6.45) is 4.74. The van der Waals surface area contributed by atoms with Gasteiger partial charge < -0.3 is 4.42 Å². The number of hydrogen-bond acceptors (Lipinski definition) is 5. The van der Waals surface area contributed by atoms with E-state index in [1.165, 1.54) is 23.6 Å². The smallest absolute Gasteiger partial charge is 0.328 e. The normalized spacial score (nSPS) is 14.8. The summed E-state index contributed by atoms with van der Waals surface area (Å²) >= 11 is 0. The Balaban J connectivity index is 1.80. The van der Waals surface area contributed by atoms with Crippen molar-refractivity contribution in [3.05, 3.63) is 44.4 Å². The zero-order chi connectivity index (χ0) is 13.4. The van der Waals surface area contributed by atoms with Crippen LogP contribution in [0.5, 0.6) is 0 Å². The molecule has 1 fully saturated rings. The molecule has 1 saturated carbocycles. The van der Waals surface area contributed by atoms with Crippen LogP contribution in [-0.2, 0) is 13.0 Å². The molecule has 7 nitrogen and oxygen atoms in total. The van der Waals surface area contributed by atoms with Crippen LogP contribution in [-0.4, -0.2) is 19.7 Å². The van der Waals surface area contributed by atoms with Gasteiger partial charge >= 0.3 is 5.69 Å². The predicted octanol–water partition coefficient (Wildman–Crippen LogP) is 0.229. The predicted molar refractivity (Wildman–Crippen MR) is 65.9 cm³/mol. The average molecular weight is 262 g/mol. The molecule has 1 aliphatic rings. The second-order valence-electron chi connectivity index (χ2n) is 4.94. The molecular formula is C12H14N4O3. The lowest BCUT2D eigenvalue weighted by molar-refractivity contribution is 0.427. The van der Waals surface area contributed by atoms with Crippen molar-refractivity contribution in [1.29, 1.82) is 0 Å². The molecule has 7 heteroatoms. The van der Waals surface area contributed by atoms with Gasteiger partial charge in [0.15, 0.2) is 0 Å². The highest BCUT2D eigenvalue weighted by Gasteiger charge is 2.24. The quantitative estimate of drug-likeness (QED) is 0.851. The molecule has 2 heterocycles. The van der Waals surface area contributed by atoms with Gasteiger partial charge in [0, 0.05) is 18.2 Å². The lowest BCUT2D eigenvalue weighted by Gasteiger charge is -2.01. The molecule has 1 N–H and O–H groups in total. The lowest BCUT2D eigenvalue weighted by atomic mass is 10.3. The van der Waals surface area contributed by atoms with E-state index in [-0.39, 0.29) is 12.1 Å². The van der Waals surface area contributed by atoms with Gasteiger partial charge in [0.25, 0.3) is 5.56 Å². The molecule has 0 bridgehead atoms. The number of rotatable bonds is 4. The molecule has 0 atom stereocenters. The van der Waals surface area contributed by atoms with Gasteiger partial charge in [-0.3, -0.25) is 14.3 Å². The summed E-state index contributed by atoms with van der Waals surface area (Å²) in [6.45, 7) is 1.81. The van der Waals surface area contributed by atoms with Crippen molar-refractivity contribution in [3.63, 3.8) is 0 Å². The lowest BCUT2D eigenvalue weighted by Crippen LogP contribution is -2.31. The first-order valence-corrected chi connectivity index (χ1v) is 6.23. The van der Waals surface area contributed by atoms with E-state index in [9.17, 15) is 9.59 Å². The third kappa shape index (κ3) is 2.64. The molecule has 100 valence electrons. The zero-order valence-electron chi connectivity index (χ0n) is 10.5. The summed E-state index contributed by atoms with van der Waals surface area (Å²) in [5.74, 6) is 1.67. The number of aromatic nitrogens is 4. The van der Waals surface area contributed by atoms with Crippen molar-refractivity contribution >= 4 is 0 Å². The largest absolute Gasteiger partial charge is 0.423 e. The number of hydrogen-bond donors (Lipinski definition) is 1. The molecule has 3 rings (SSSR count). The Hall–Kier alpha value is -2.18. The Morgan fingerprint density at radius 2 is 2.11 bits per heavy atom. The first kappa shape index (κ1) is 11.9. The van der Waals surface area contributed by atoms with Gasteiger partial charge in [-0.15, -0.1) is 10.2 Å². The van der Waals surface area contributed by atoms with E-state index in [0.29, 0.717) is 23.3 Å². The van der Waals surface area contributed by atoms with Crippen molar-refractivity contribution in [3.8, 4) is 0 Å². The fourth-order valence-corrected chi connectivity index (χ4v) is 1.89. The average Bonchev–Trinajstić information content (AvgIpc) is 3.06. The first-order valence-electron chi connectivity index (χ1n) is 6.23. The molecule has 19 heavy (non-hydrogen) atoms. The molecule has 2 aromatic rings. The minimum atomic E-state index is -0.474. The second kappa shape index (κ2) is 4.49. The van der Waals surface area contributed by atoms with Crippen LogP contribution in [0.2, 0.25) is 0 Å². The molecule has 0 aliphatic heterocycles. The Kier molecular flexibility index (Phi) is 2.81. The topological polar surface area (TPSA) is 93.8 Å². The summed E-state index contributed by atoms with van der Waals surface area (Å²) in [6, 6.07) is 0.